The molecule has 0 amide bonds. The van der Waals surface area contributed by atoms with E-state index in [-0.39, 0.29) is 12.1 Å². The minimum Gasteiger partial charge on any atom is -0.282 e. The van der Waals surface area contributed by atoms with Crippen LogP contribution < -0.4 is 0 Å². The van der Waals surface area contributed by atoms with Gasteiger partial charge in [-0.2, -0.15) is 0 Å². The molecule has 4 heteroatoms. The fourth-order valence-corrected chi connectivity index (χ4v) is 4.75. The number of rotatable bonds is 6. The molecule has 0 N–H and O–H groups in total. The van der Waals surface area contributed by atoms with E-state index in [1.54, 1.807) is 0 Å². The van der Waals surface area contributed by atoms with E-state index in [9.17, 15) is 0 Å². The largest absolute Gasteiger partial charge is 0.282 e. The molecular weight excluding hydrogens is 440 g/mol. The van der Waals surface area contributed by atoms with Gasteiger partial charge in [0.2, 0.25) is 0 Å². The number of nitrogens with zero attached hydrogens (tertiary/aromatic N) is 4. The molecule has 0 saturated heterocycles. The molecule has 0 saturated carbocycles. The summed E-state index contributed by atoms with van der Waals surface area (Å²) in [5.74, 6) is 0. The van der Waals surface area contributed by atoms with Crippen LogP contribution in [0.1, 0.15) is 62.0 Å². The van der Waals surface area contributed by atoms with Crippen molar-refractivity contribution in [2.24, 2.45) is 9.98 Å². The van der Waals surface area contributed by atoms with E-state index in [0.717, 1.165) is 44.4 Å². The molecule has 0 aliphatic heterocycles. The van der Waals surface area contributed by atoms with Crippen molar-refractivity contribution in [3.63, 3.8) is 0 Å². The van der Waals surface area contributed by atoms with E-state index in [1.807, 2.05) is 12.1 Å². The fraction of sp³-hybridized carbons (Fsp3) is 0.188. The Morgan fingerprint density at radius 2 is 0.917 bits per heavy atom. The highest BCUT2D eigenvalue weighted by Gasteiger charge is 2.14. The summed E-state index contributed by atoms with van der Waals surface area (Å²) in [5.41, 5.74) is 8.06. The summed E-state index contributed by atoms with van der Waals surface area (Å²) in [7, 11) is 0. The standard InChI is InChI=1S/C32H30N4/c1-21(25-13-7-5-8-14-25)33-23(3)27-17-11-19-29-30-20-12-18-28(32(30)36-35-31(27)29)24(4)34-22(2)26-15-9-6-10-16-26/h5-22H,1-4H3/t21-,22-/m1/s1. The summed E-state index contributed by atoms with van der Waals surface area (Å²) >= 11 is 0. The molecule has 2 atom stereocenters. The number of benzene rings is 4. The molecule has 0 aliphatic rings. The zero-order valence-electron chi connectivity index (χ0n) is 21.2. The van der Waals surface area contributed by atoms with Gasteiger partial charge >= 0.3 is 0 Å². The average Bonchev–Trinajstić information content (AvgIpc) is 2.93. The van der Waals surface area contributed by atoms with Crippen LogP contribution in [-0.4, -0.2) is 21.6 Å². The summed E-state index contributed by atoms with van der Waals surface area (Å²) in [5, 5.41) is 11.6. The van der Waals surface area contributed by atoms with Gasteiger partial charge in [0.15, 0.2) is 0 Å². The molecule has 0 radical (unpaired) electrons. The van der Waals surface area contributed by atoms with Crippen molar-refractivity contribution in [3.8, 4) is 0 Å². The Morgan fingerprint density at radius 3 is 1.31 bits per heavy atom. The minimum atomic E-state index is 0.0620. The van der Waals surface area contributed by atoms with Crippen molar-refractivity contribution in [2.45, 2.75) is 39.8 Å². The van der Waals surface area contributed by atoms with Crippen LogP contribution in [0.15, 0.2) is 107 Å². The summed E-state index contributed by atoms with van der Waals surface area (Å²) in [6.45, 7) is 8.35. The van der Waals surface area contributed by atoms with Crippen LogP contribution in [0.4, 0.5) is 0 Å². The van der Waals surface area contributed by atoms with Gasteiger partial charge in [0, 0.05) is 33.3 Å². The lowest BCUT2D eigenvalue weighted by Gasteiger charge is -2.13. The zero-order chi connectivity index (χ0) is 25.1. The van der Waals surface area contributed by atoms with Crippen LogP contribution in [0.2, 0.25) is 0 Å². The van der Waals surface area contributed by atoms with Gasteiger partial charge in [0.1, 0.15) is 11.0 Å². The second-order valence-corrected chi connectivity index (χ2v) is 9.21. The Balaban J connectivity index is 1.56. The predicted octanol–water partition coefficient (Wildman–Crippen LogP) is 7.92. The Labute approximate surface area is 212 Å². The first-order chi connectivity index (χ1) is 17.5. The topological polar surface area (TPSA) is 50.5 Å². The third-order valence-electron chi connectivity index (χ3n) is 6.73. The van der Waals surface area contributed by atoms with Crippen LogP contribution in [0.25, 0.3) is 21.8 Å². The zero-order valence-corrected chi connectivity index (χ0v) is 21.2. The fourth-order valence-electron chi connectivity index (χ4n) is 4.75. The molecule has 178 valence electrons. The van der Waals surface area contributed by atoms with Gasteiger partial charge in [-0.15, -0.1) is 10.2 Å². The van der Waals surface area contributed by atoms with Crippen molar-refractivity contribution in [3.05, 3.63) is 119 Å². The van der Waals surface area contributed by atoms with Crippen molar-refractivity contribution >= 4 is 33.2 Å². The van der Waals surface area contributed by atoms with Gasteiger partial charge < -0.3 is 0 Å². The normalized spacial score (nSPS) is 14.2. The highest BCUT2D eigenvalue weighted by Crippen LogP contribution is 2.28. The number of hydrogen-bond donors (Lipinski definition) is 0. The highest BCUT2D eigenvalue weighted by molar-refractivity contribution is 6.17. The first-order valence-electron chi connectivity index (χ1n) is 12.4. The quantitative estimate of drug-likeness (QED) is 0.187. The van der Waals surface area contributed by atoms with Gasteiger partial charge in [-0.25, -0.2) is 0 Å². The summed E-state index contributed by atoms with van der Waals surface area (Å²) in [6, 6.07) is 33.4. The van der Waals surface area contributed by atoms with E-state index in [4.69, 9.17) is 20.2 Å². The second-order valence-electron chi connectivity index (χ2n) is 9.21. The molecule has 0 aliphatic carbocycles. The van der Waals surface area contributed by atoms with E-state index in [0.29, 0.717) is 0 Å². The number of aliphatic imine (C=N–C) groups is 2. The van der Waals surface area contributed by atoms with Crippen molar-refractivity contribution in [1.29, 1.82) is 0 Å². The highest BCUT2D eigenvalue weighted by atomic mass is 15.1. The number of aromatic nitrogens is 2. The average molecular weight is 471 g/mol. The predicted molar refractivity (Wildman–Crippen MR) is 151 cm³/mol. The summed E-state index contributed by atoms with van der Waals surface area (Å²) < 4.78 is 0. The van der Waals surface area contributed by atoms with Gasteiger partial charge in [0.25, 0.3) is 0 Å². The van der Waals surface area contributed by atoms with Crippen molar-refractivity contribution in [2.75, 3.05) is 0 Å². The number of fused-ring (bicyclic) bond motifs is 3. The van der Waals surface area contributed by atoms with Crippen molar-refractivity contribution < 1.29 is 0 Å². The monoisotopic (exact) mass is 470 g/mol. The van der Waals surface area contributed by atoms with Crippen LogP contribution in [0, 0.1) is 0 Å². The van der Waals surface area contributed by atoms with E-state index < -0.39 is 0 Å². The van der Waals surface area contributed by atoms with E-state index in [2.05, 4.69) is 113 Å². The number of hydrogen-bond acceptors (Lipinski definition) is 4. The van der Waals surface area contributed by atoms with Crippen LogP contribution in [0.5, 0.6) is 0 Å². The van der Waals surface area contributed by atoms with Gasteiger partial charge in [-0.05, 0) is 38.8 Å². The third kappa shape index (κ3) is 4.67. The van der Waals surface area contributed by atoms with Crippen molar-refractivity contribution in [1.82, 2.24) is 10.2 Å². The first kappa shape index (κ1) is 23.6. The lowest BCUT2D eigenvalue weighted by atomic mass is 10.00. The smallest absolute Gasteiger partial charge is 0.103 e. The molecular formula is C32H30N4. The second kappa shape index (κ2) is 10.2. The molecule has 0 fully saturated rings. The van der Waals surface area contributed by atoms with Gasteiger partial charge in [0.05, 0.1) is 12.1 Å². The minimum absolute atomic E-state index is 0.0620. The maximum atomic E-state index is 4.98. The van der Waals surface area contributed by atoms with Gasteiger partial charge in [-0.3, -0.25) is 9.98 Å². The van der Waals surface area contributed by atoms with Crippen LogP contribution in [-0.2, 0) is 0 Å². The van der Waals surface area contributed by atoms with E-state index >= 15 is 0 Å². The van der Waals surface area contributed by atoms with Gasteiger partial charge in [-0.1, -0.05) is 97.1 Å². The van der Waals surface area contributed by atoms with E-state index in [1.165, 1.54) is 11.1 Å². The Kier molecular flexibility index (Phi) is 6.68. The maximum absolute atomic E-state index is 4.98. The maximum Gasteiger partial charge on any atom is 0.103 e. The van der Waals surface area contributed by atoms with Crippen LogP contribution >= 0.6 is 0 Å². The molecule has 0 spiro atoms. The molecule has 1 aromatic heterocycles. The Hall–Kier alpha value is -4.18. The molecule has 5 rings (SSSR count). The molecule has 1 heterocycles. The Bertz CT molecular complexity index is 1450. The summed E-state index contributed by atoms with van der Waals surface area (Å²) in [6.07, 6.45) is 0. The molecule has 0 bridgehead atoms. The molecule has 36 heavy (non-hydrogen) atoms. The third-order valence-corrected chi connectivity index (χ3v) is 6.73. The first-order valence-corrected chi connectivity index (χ1v) is 12.4. The lowest BCUT2D eigenvalue weighted by Crippen LogP contribution is -2.04. The molecule has 5 aromatic rings. The Morgan fingerprint density at radius 1 is 0.528 bits per heavy atom. The summed E-state index contributed by atoms with van der Waals surface area (Å²) in [4.78, 5) is 9.97. The lowest BCUT2D eigenvalue weighted by molar-refractivity contribution is 0.819. The molecule has 0 unspecified atom stereocenters. The van der Waals surface area contributed by atoms with Crippen LogP contribution in [0.3, 0.4) is 0 Å². The molecule has 4 aromatic carbocycles. The molecule has 4 nitrogen and oxygen atoms in total. The SMILES string of the molecule is CC(=N[C@H](C)c1ccccc1)c1cccc2c1nnc1c(C(C)=N[C@H](C)c3ccccc3)cccc12.